The van der Waals surface area contributed by atoms with Crippen molar-refractivity contribution in [2.45, 2.75) is 20.1 Å². The van der Waals surface area contributed by atoms with Gasteiger partial charge in [0.25, 0.3) is 0 Å². The highest BCUT2D eigenvalue weighted by molar-refractivity contribution is 6.25. The lowest BCUT2D eigenvalue weighted by Crippen LogP contribution is -2.26. The molecule has 118 valence electrons. The van der Waals surface area contributed by atoms with Crippen LogP contribution in [0.4, 0.5) is 0 Å². The number of hydrogen-bond donors (Lipinski definition) is 1. The molecule has 0 saturated heterocycles. The minimum atomic E-state index is -1.49. The van der Waals surface area contributed by atoms with Gasteiger partial charge in [-0.15, -0.1) is 5.92 Å². The average molecular weight is 322 g/mol. The zero-order chi connectivity index (χ0) is 17.2. The van der Waals surface area contributed by atoms with E-state index in [1.54, 1.807) is 13.8 Å². The first-order chi connectivity index (χ1) is 11.4. The lowest BCUT2D eigenvalue weighted by molar-refractivity contribution is -0.0687. The lowest BCUT2D eigenvalue weighted by atomic mass is 9.84. The molecule has 2 aromatic rings. The first-order valence-corrected chi connectivity index (χ1v) is 7.16. The van der Waals surface area contributed by atoms with Crippen molar-refractivity contribution >= 4 is 28.7 Å². The Hall–Kier alpha value is -3.17. The topological polar surface area (TPSA) is 89.9 Å². The SMILES string of the molecule is CC#Cc1cc2c3c(c(C)cc4c3c1C(=O)OC4=O)C(=O)OC2O. The summed E-state index contributed by atoms with van der Waals surface area (Å²) in [6, 6.07) is 2.98. The highest BCUT2D eigenvalue weighted by atomic mass is 16.6. The molecule has 0 amide bonds. The van der Waals surface area contributed by atoms with Crippen LogP contribution in [0.25, 0.3) is 10.8 Å². The van der Waals surface area contributed by atoms with Gasteiger partial charge in [-0.05, 0) is 31.5 Å². The van der Waals surface area contributed by atoms with Gasteiger partial charge in [0.05, 0.1) is 16.7 Å². The average Bonchev–Trinajstić information content (AvgIpc) is 2.51. The van der Waals surface area contributed by atoms with Crippen molar-refractivity contribution < 1.29 is 29.0 Å². The zero-order valence-electron chi connectivity index (χ0n) is 12.7. The number of aliphatic hydroxyl groups is 1. The highest BCUT2D eigenvalue weighted by Gasteiger charge is 2.38. The fourth-order valence-electron chi connectivity index (χ4n) is 3.28. The van der Waals surface area contributed by atoms with E-state index in [2.05, 4.69) is 11.8 Å². The summed E-state index contributed by atoms with van der Waals surface area (Å²) in [4.78, 5) is 36.6. The molecule has 0 bridgehead atoms. The van der Waals surface area contributed by atoms with E-state index in [1.165, 1.54) is 12.1 Å². The second-order valence-corrected chi connectivity index (χ2v) is 5.56. The molecule has 0 aliphatic carbocycles. The van der Waals surface area contributed by atoms with Crippen LogP contribution < -0.4 is 0 Å². The Labute approximate surface area is 136 Å². The standard InChI is InChI=1S/C18H10O6/c1-3-4-8-6-10-13-11(17(21)23-16(10)20)7(2)5-9-14(13)12(8)18(22)24-15(9)19/h5-6,16,20H,1-2H3. The van der Waals surface area contributed by atoms with Crippen molar-refractivity contribution in [1.29, 1.82) is 0 Å². The van der Waals surface area contributed by atoms with E-state index in [4.69, 9.17) is 9.47 Å². The Kier molecular flexibility index (Phi) is 2.80. The van der Waals surface area contributed by atoms with Gasteiger partial charge in [-0.2, -0.15) is 0 Å². The summed E-state index contributed by atoms with van der Waals surface area (Å²) >= 11 is 0. The fraction of sp³-hybridized carbons (Fsp3) is 0.167. The van der Waals surface area contributed by atoms with Gasteiger partial charge in [0.1, 0.15) is 0 Å². The van der Waals surface area contributed by atoms with Gasteiger partial charge in [-0.3, -0.25) is 0 Å². The van der Waals surface area contributed by atoms with Crippen LogP contribution >= 0.6 is 0 Å². The molecular weight excluding hydrogens is 312 g/mol. The molecule has 2 aliphatic heterocycles. The van der Waals surface area contributed by atoms with E-state index in [0.717, 1.165) is 0 Å². The molecule has 1 unspecified atom stereocenters. The first-order valence-electron chi connectivity index (χ1n) is 7.16. The molecule has 1 atom stereocenters. The van der Waals surface area contributed by atoms with Gasteiger partial charge in [0.2, 0.25) is 6.29 Å². The molecule has 0 radical (unpaired) electrons. The number of ether oxygens (including phenoxy) is 2. The van der Waals surface area contributed by atoms with Crippen LogP contribution in [0.1, 0.15) is 61.0 Å². The minimum Gasteiger partial charge on any atom is -0.428 e. The third-order valence-corrected chi connectivity index (χ3v) is 4.19. The highest BCUT2D eigenvalue weighted by Crippen LogP contribution is 2.42. The van der Waals surface area contributed by atoms with Crippen LogP contribution in [0, 0.1) is 18.8 Å². The monoisotopic (exact) mass is 322 g/mol. The van der Waals surface area contributed by atoms with Crippen molar-refractivity contribution in [3.8, 4) is 11.8 Å². The molecule has 6 heteroatoms. The maximum Gasteiger partial charge on any atom is 0.347 e. The predicted molar refractivity (Wildman–Crippen MR) is 81.4 cm³/mol. The smallest absolute Gasteiger partial charge is 0.347 e. The summed E-state index contributed by atoms with van der Waals surface area (Å²) in [7, 11) is 0. The van der Waals surface area contributed by atoms with E-state index in [1.807, 2.05) is 0 Å². The summed E-state index contributed by atoms with van der Waals surface area (Å²) in [6.45, 7) is 3.25. The third-order valence-electron chi connectivity index (χ3n) is 4.19. The first kappa shape index (κ1) is 14.4. The molecule has 24 heavy (non-hydrogen) atoms. The predicted octanol–water partition coefficient (Wildman–Crippen LogP) is 1.99. The number of cyclic esters (lactones) is 3. The van der Waals surface area contributed by atoms with Crippen molar-refractivity contribution in [1.82, 2.24) is 0 Å². The quantitative estimate of drug-likeness (QED) is 0.453. The molecule has 2 heterocycles. The normalized spacial score (nSPS) is 18.0. The third kappa shape index (κ3) is 1.67. The van der Waals surface area contributed by atoms with Gasteiger partial charge in [0, 0.05) is 21.9 Å². The number of esters is 3. The Morgan fingerprint density at radius 3 is 2.50 bits per heavy atom. The van der Waals surface area contributed by atoms with E-state index in [0.29, 0.717) is 22.1 Å². The zero-order valence-corrected chi connectivity index (χ0v) is 12.7. The molecule has 2 aliphatic rings. The van der Waals surface area contributed by atoms with Crippen LogP contribution in [0.3, 0.4) is 0 Å². The van der Waals surface area contributed by atoms with Crippen LogP contribution in [0.15, 0.2) is 12.1 Å². The van der Waals surface area contributed by atoms with Crippen molar-refractivity contribution in [2.24, 2.45) is 0 Å². The second-order valence-electron chi connectivity index (χ2n) is 5.56. The Morgan fingerprint density at radius 2 is 1.79 bits per heavy atom. The maximum atomic E-state index is 12.3. The molecule has 6 nitrogen and oxygen atoms in total. The van der Waals surface area contributed by atoms with Crippen LogP contribution in [0.2, 0.25) is 0 Å². The Balaban J connectivity index is 2.33. The van der Waals surface area contributed by atoms with Gasteiger partial charge >= 0.3 is 17.9 Å². The number of aryl methyl sites for hydroxylation is 1. The number of benzene rings is 2. The van der Waals surface area contributed by atoms with Crippen molar-refractivity contribution in [3.63, 3.8) is 0 Å². The number of rotatable bonds is 0. The summed E-state index contributed by atoms with van der Waals surface area (Å²) in [6.07, 6.45) is -1.49. The summed E-state index contributed by atoms with van der Waals surface area (Å²) in [5, 5.41) is 10.8. The van der Waals surface area contributed by atoms with Gasteiger partial charge in [-0.25, -0.2) is 14.4 Å². The van der Waals surface area contributed by atoms with E-state index >= 15 is 0 Å². The maximum absolute atomic E-state index is 12.3. The largest absolute Gasteiger partial charge is 0.428 e. The fourth-order valence-corrected chi connectivity index (χ4v) is 3.28. The van der Waals surface area contributed by atoms with Crippen molar-refractivity contribution in [3.05, 3.63) is 45.5 Å². The van der Waals surface area contributed by atoms with Crippen molar-refractivity contribution in [2.75, 3.05) is 0 Å². The van der Waals surface area contributed by atoms with Crippen LogP contribution in [0.5, 0.6) is 0 Å². The Morgan fingerprint density at radius 1 is 1.04 bits per heavy atom. The molecule has 0 spiro atoms. The van der Waals surface area contributed by atoms with Gasteiger partial charge in [0.15, 0.2) is 0 Å². The van der Waals surface area contributed by atoms with Gasteiger partial charge < -0.3 is 14.6 Å². The van der Waals surface area contributed by atoms with E-state index in [9.17, 15) is 19.5 Å². The number of carbonyl (C=O) groups excluding carboxylic acids is 3. The summed E-state index contributed by atoms with van der Waals surface area (Å²) < 4.78 is 9.77. The molecule has 1 N–H and O–H groups in total. The molecule has 2 aromatic carbocycles. The number of carbonyl (C=O) groups is 3. The number of aliphatic hydroxyl groups excluding tert-OH is 1. The van der Waals surface area contributed by atoms with E-state index < -0.39 is 24.2 Å². The number of hydrogen-bond acceptors (Lipinski definition) is 6. The molecular formula is C18H10O6. The molecule has 0 fully saturated rings. The van der Waals surface area contributed by atoms with Gasteiger partial charge in [-0.1, -0.05) is 5.92 Å². The summed E-state index contributed by atoms with van der Waals surface area (Å²) in [5.74, 6) is 3.15. The molecule has 4 rings (SSSR count). The minimum absolute atomic E-state index is 0.126. The van der Waals surface area contributed by atoms with Crippen LogP contribution in [-0.2, 0) is 9.47 Å². The molecule has 0 aromatic heterocycles. The summed E-state index contributed by atoms with van der Waals surface area (Å²) in [5.41, 5.74) is 1.64. The Bertz CT molecular complexity index is 1050. The second kappa shape index (κ2) is 4.66. The van der Waals surface area contributed by atoms with Crippen LogP contribution in [-0.4, -0.2) is 23.0 Å². The molecule has 0 saturated carbocycles. The van der Waals surface area contributed by atoms with E-state index in [-0.39, 0.29) is 22.1 Å². The lowest BCUT2D eigenvalue weighted by Gasteiger charge is -2.27.